The molecule has 0 aliphatic heterocycles. The zero-order chi connectivity index (χ0) is 18.7. The molecule has 0 fully saturated rings. The first kappa shape index (κ1) is 18.8. The molecule has 0 heterocycles. The zero-order valence-corrected chi connectivity index (χ0v) is 15.6. The standard InChI is InChI=1S/C25H24O2/c1-26-24-17-15-23(16-18-24)25(19-14-22-11-6-3-7-12-22)27-20-8-13-21-9-4-2-5-10-21/h2-7,9-12,15-18,25H,8,13,20H2,1H3. The number of hydrogen-bond donors (Lipinski definition) is 0. The fraction of sp³-hybridized carbons (Fsp3) is 0.200. The van der Waals surface area contributed by atoms with Gasteiger partial charge in [0.15, 0.2) is 0 Å². The predicted octanol–water partition coefficient (Wildman–Crippen LogP) is 5.44. The van der Waals surface area contributed by atoms with Gasteiger partial charge in [-0.1, -0.05) is 72.5 Å². The van der Waals surface area contributed by atoms with Gasteiger partial charge >= 0.3 is 0 Å². The van der Waals surface area contributed by atoms with E-state index in [2.05, 4.69) is 36.1 Å². The highest BCUT2D eigenvalue weighted by Crippen LogP contribution is 2.21. The Morgan fingerprint density at radius 2 is 1.48 bits per heavy atom. The predicted molar refractivity (Wildman–Crippen MR) is 110 cm³/mol. The fourth-order valence-corrected chi connectivity index (χ4v) is 2.79. The van der Waals surface area contributed by atoms with Crippen molar-refractivity contribution in [3.8, 4) is 17.6 Å². The lowest BCUT2D eigenvalue weighted by atomic mass is 10.1. The first-order valence-corrected chi connectivity index (χ1v) is 9.21. The third-order valence-corrected chi connectivity index (χ3v) is 4.28. The molecule has 0 aliphatic carbocycles. The van der Waals surface area contributed by atoms with Gasteiger partial charge in [-0.3, -0.25) is 0 Å². The van der Waals surface area contributed by atoms with Crippen molar-refractivity contribution in [3.63, 3.8) is 0 Å². The summed E-state index contributed by atoms with van der Waals surface area (Å²) in [5.74, 6) is 7.33. The van der Waals surface area contributed by atoms with Crippen molar-refractivity contribution in [1.82, 2.24) is 0 Å². The van der Waals surface area contributed by atoms with Gasteiger partial charge in [0, 0.05) is 12.2 Å². The molecule has 3 aromatic carbocycles. The summed E-state index contributed by atoms with van der Waals surface area (Å²) in [5.41, 5.74) is 3.36. The maximum Gasteiger partial charge on any atom is 0.143 e. The van der Waals surface area contributed by atoms with E-state index in [-0.39, 0.29) is 6.10 Å². The Balaban J connectivity index is 1.66. The Hall–Kier alpha value is -3.02. The minimum absolute atomic E-state index is 0.258. The Labute approximate surface area is 161 Å². The first-order chi connectivity index (χ1) is 13.3. The molecule has 0 saturated carbocycles. The molecular weight excluding hydrogens is 332 g/mol. The Morgan fingerprint density at radius 3 is 2.15 bits per heavy atom. The van der Waals surface area contributed by atoms with E-state index in [1.54, 1.807) is 7.11 Å². The second-order valence-corrected chi connectivity index (χ2v) is 6.25. The summed E-state index contributed by atoms with van der Waals surface area (Å²) in [6.45, 7) is 0.662. The van der Waals surface area contributed by atoms with Crippen LogP contribution >= 0.6 is 0 Å². The van der Waals surface area contributed by atoms with Gasteiger partial charge in [-0.25, -0.2) is 0 Å². The van der Waals surface area contributed by atoms with Gasteiger partial charge in [-0.2, -0.15) is 0 Å². The number of rotatable bonds is 7. The molecule has 1 unspecified atom stereocenters. The Kier molecular flexibility index (Phi) is 7.09. The number of methoxy groups -OCH3 is 1. The third-order valence-electron chi connectivity index (χ3n) is 4.28. The largest absolute Gasteiger partial charge is 0.497 e. The van der Waals surface area contributed by atoms with E-state index in [9.17, 15) is 0 Å². The summed E-state index contributed by atoms with van der Waals surface area (Å²) in [6, 6.07) is 28.4. The molecule has 27 heavy (non-hydrogen) atoms. The van der Waals surface area contributed by atoms with Crippen LogP contribution in [0.15, 0.2) is 84.9 Å². The van der Waals surface area contributed by atoms with E-state index < -0.39 is 0 Å². The second-order valence-electron chi connectivity index (χ2n) is 6.25. The smallest absolute Gasteiger partial charge is 0.143 e. The average molecular weight is 356 g/mol. The SMILES string of the molecule is COc1ccc(C(C#Cc2ccccc2)OCCCc2ccccc2)cc1. The average Bonchev–Trinajstić information content (AvgIpc) is 2.75. The lowest BCUT2D eigenvalue weighted by Gasteiger charge is -2.13. The molecule has 0 saturated heterocycles. The van der Waals surface area contributed by atoms with E-state index in [0.717, 1.165) is 29.7 Å². The Morgan fingerprint density at radius 1 is 0.815 bits per heavy atom. The van der Waals surface area contributed by atoms with Crippen LogP contribution in [-0.2, 0) is 11.2 Å². The van der Waals surface area contributed by atoms with Crippen molar-refractivity contribution >= 4 is 0 Å². The molecule has 0 bridgehead atoms. The van der Waals surface area contributed by atoms with Crippen LogP contribution in [0.2, 0.25) is 0 Å². The highest BCUT2D eigenvalue weighted by Gasteiger charge is 2.09. The molecule has 0 radical (unpaired) electrons. The molecule has 2 nitrogen and oxygen atoms in total. The van der Waals surface area contributed by atoms with Crippen molar-refractivity contribution < 1.29 is 9.47 Å². The molecule has 136 valence electrons. The van der Waals surface area contributed by atoms with Crippen molar-refractivity contribution in [1.29, 1.82) is 0 Å². The van der Waals surface area contributed by atoms with Crippen LogP contribution in [0.3, 0.4) is 0 Å². The fourth-order valence-electron chi connectivity index (χ4n) is 2.79. The number of aryl methyl sites for hydroxylation is 1. The van der Waals surface area contributed by atoms with Crippen molar-refractivity contribution in [3.05, 3.63) is 102 Å². The number of ether oxygens (including phenoxy) is 2. The molecule has 0 aliphatic rings. The minimum atomic E-state index is -0.258. The lowest BCUT2D eigenvalue weighted by Crippen LogP contribution is -2.05. The summed E-state index contributed by atoms with van der Waals surface area (Å²) in [4.78, 5) is 0. The molecule has 1 atom stereocenters. The van der Waals surface area contributed by atoms with E-state index >= 15 is 0 Å². The Bertz CT molecular complexity index is 859. The topological polar surface area (TPSA) is 18.5 Å². The van der Waals surface area contributed by atoms with Crippen LogP contribution in [0.1, 0.15) is 29.2 Å². The van der Waals surface area contributed by atoms with Crippen LogP contribution in [0, 0.1) is 11.8 Å². The number of benzene rings is 3. The van der Waals surface area contributed by atoms with Gasteiger partial charge in [0.05, 0.1) is 7.11 Å². The third kappa shape index (κ3) is 6.02. The van der Waals surface area contributed by atoms with Crippen molar-refractivity contribution in [2.75, 3.05) is 13.7 Å². The highest BCUT2D eigenvalue weighted by atomic mass is 16.5. The van der Waals surface area contributed by atoms with E-state index in [0.29, 0.717) is 6.61 Å². The van der Waals surface area contributed by atoms with Crippen LogP contribution in [0.4, 0.5) is 0 Å². The summed E-state index contributed by atoms with van der Waals surface area (Å²) < 4.78 is 11.4. The molecule has 0 N–H and O–H groups in total. The van der Waals surface area contributed by atoms with E-state index in [1.165, 1.54) is 5.56 Å². The monoisotopic (exact) mass is 356 g/mol. The van der Waals surface area contributed by atoms with Crippen LogP contribution < -0.4 is 4.74 Å². The van der Waals surface area contributed by atoms with Gasteiger partial charge in [0.1, 0.15) is 11.9 Å². The molecule has 2 heteroatoms. The van der Waals surface area contributed by atoms with Crippen molar-refractivity contribution in [2.45, 2.75) is 18.9 Å². The highest BCUT2D eigenvalue weighted by molar-refractivity contribution is 5.38. The van der Waals surface area contributed by atoms with Crippen molar-refractivity contribution in [2.24, 2.45) is 0 Å². The molecule has 0 spiro atoms. The molecule has 0 aromatic heterocycles. The summed E-state index contributed by atoms with van der Waals surface area (Å²) in [5, 5.41) is 0. The van der Waals surface area contributed by atoms with Gasteiger partial charge in [0.2, 0.25) is 0 Å². The molecule has 3 aromatic rings. The van der Waals surface area contributed by atoms with Gasteiger partial charge in [-0.05, 0) is 48.2 Å². The van der Waals surface area contributed by atoms with E-state index in [4.69, 9.17) is 9.47 Å². The van der Waals surface area contributed by atoms with E-state index in [1.807, 2.05) is 60.7 Å². The van der Waals surface area contributed by atoms with Gasteiger partial charge < -0.3 is 9.47 Å². The van der Waals surface area contributed by atoms with Crippen LogP contribution in [-0.4, -0.2) is 13.7 Å². The molecule has 3 rings (SSSR count). The summed E-state index contributed by atoms with van der Waals surface area (Å²) >= 11 is 0. The first-order valence-electron chi connectivity index (χ1n) is 9.21. The lowest BCUT2D eigenvalue weighted by molar-refractivity contribution is 0.0897. The zero-order valence-electron chi connectivity index (χ0n) is 15.6. The minimum Gasteiger partial charge on any atom is -0.497 e. The normalized spacial score (nSPS) is 11.3. The molecule has 0 amide bonds. The quantitative estimate of drug-likeness (QED) is 0.415. The number of hydrogen-bond acceptors (Lipinski definition) is 2. The van der Waals surface area contributed by atoms with Gasteiger partial charge in [0.25, 0.3) is 0 Å². The van der Waals surface area contributed by atoms with Gasteiger partial charge in [-0.15, -0.1) is 0 Å². The second kappa shape index (κ2) is 10.2. The molecular formula is C25H24O2. The maximum absolute atomic E-state index is 6.13. The maximum atomic E-state index is 6.13. The van der Waals surface area contributed by atoms with Crippen LogP contribution in [0.5, 0.6) is 5.75 Å². The summed E-state index contributed by atoms with van der Waals surface area (Å²) in [6.07, 6.45) is 1.71. The summed E-state index contributed by atoms with van der Waals surface area (Å²) in [7, 11) is 1.67. The van der Waals surface area contributed by atoms with Crippen LogP contribution in [0.25, 0.3) is 0 Å².